The van der Waals surface area contributed by atoms with Gasteiger partial charge in [0, 0.05) is 44.0 Å². The fraction of sp³-hybridized carbons (Fsp3) is 0.269. The van der Waals surface area contributed by atoms with Crippen LogP contribution in [0.1, 0.15) is 15.9 Å². The lowest BCUT2D eigenvalue weighted by atomic mass is 10.2. The predicted octanol–water partition coefficient (Wildman–Crippen LogP) is 1.11. The summed E-state index contributed by atoms with van der Waals surface area (Å²) in [6.07, 6.45) is 1.91. The number of amides is 1. The molecule has 3 heterocycles. The van der Waals surface area contributed by atoms with E-state index in [9.17, 15) is 9.90 Å². The minimum Gasteiger partial charge on any atom is -0.491 e. The fourth-order valence-electron chi connectivity index (χ4n) is 4.17. The number of carbonyl (C=O) groups is 1. The molecule has 0 unspecified atom stereocenters. The highest BCUT2D eigenvalue weighted by Crippen LogP contribution is 2.37. The number of aliphatic hydroxyl groups excluding tert-OH is 1. The third-order valence-corrected chi connectivity index (χ3v) is 6.01. The van der Waals surface area contributed by atoms with Gasteiger partial charge in [0.25, 0.3) is 5.91 Å². The molecule has 0 bridgehead atoms. The maximum Gasteiger partial charge on any atom is 0.283 e. The Morgan fingerprint density at radius 3 is 2.79 bits per heavy atom. The number of aliphatic hydroxyl groups is 1. The van der Waals surface area contributed by atoms with Crippen molar-refractivity contribution in [3.8, 4) is 11.5 Å². The van der Waals surface area contributed by atoms with E-state index in [0.717, 1.165) is 16.8 Å². The van der Waals surface area contributed by atoms with Gasteiger partial charge in [-0.25, -0.2) is 15.0 Å². The number of ether oxygens (including phenoxy) is 2. The van der Waals surface area contributed by atoms with Crippen LogP contribution in [-0.2, 0) is 13.1 Å². The summed E-state index contributed by atoms with van der Waals surface area (Å²) in [6, 6.07) is 13.6. The smallest absolute Gasteiger partial charge is 0.283 e. The average Bonchev–Trinajstić information content (AvgIpc) is 3.43. The second-order valence-electron chi connectivity index (χ2n) is 8.66. The van der Waals surface area contributed by atoms with Crippen LogP contribution in [-0.4, -0.2) is 63.4 Å². The molecule has 196 valence electrons. The number of carbonyl (C=O) groups excluding carboxylic acids is 1. The number of aromatic nitrogens is 4. The van der Waals surface area contributed by atoms with E-state index in [4.69, 9.17) is 15.2 Å². The monoisotopic (exact) mass is 516 g/mol. The Morgan fingerprint density at radius 2 is 2.03 bits per heavy atom. The number of hydrogen-bond acceptors (Lipinski definition) is 10. The van der Waals surface area contributed by atoms with Crippen LogP contribution in [0.5, 0.6) is 11.5 Å². The van der Waals surface area contributed by atoms with Crippen LogP contribution in [0.3, 0.4) is 0 Å². The van der Waals surface area contributed by atoms with E-state index in [1.54, 1.807) is 6.07 Å². The van der Waals surface area contributed by atoms with E-state index >= 15 is 0 Å². The van der Waals surface area contributed by atoms with Crippen LogP contribution in [0.25, 0.3) is 10.9 Å². The van der Waals surface area contributed by atoms with Gasteiger partial charge in [-0.1, -0.05) is 30.3 Å². The summed E-state index contributed by atoms with van der Waals surface area (Å²) in [6.45, 7) is 2.30. The van der Waals surface area contributed by atoms with Gasteiger partial charge >= 0.3 is 0 Å². The molecular formula is C26H28N8O4. The van der Waals surface area contributed by atoms with E-state index in [1.807, 2.05) is 41.0 Å². The molecule has 0 spiro atoms. The molecule has 0 aliphatic carbocycles. The van der Waals surface area contributed by atoms with Crippen molar-refractivity contribution in [3.63, 3.8) is 0 Å². The zero-order chi connectivity index (χ0) is 26.5. The molecule has 1 aliphatic heterocycles. The van der Waals surface area contributed by atoms with E-state index in [0.29, 0.717) is 43.2 Å². The van der Waals surface area contributed by atoms with Crippen LogP contribution in [0, 0.1) is 0 Å². The Kier molecular flexibility index (Phi) is 7.43. The molecule has 0 fully saturated rings. The van der Waals surface area contributed by atoms with Crippen molar-refractivity contribution in [2.45, 2.75) is 19.2 Å². The molecule has 0 saturated carbocycles. The van der Waals surface area contributed by atoms with Crippen molar-refractivity contribution >= 4 is 28.6 Å². The molecule has 12 heteroatoms. The van der Waals surface area contributed by atoms with Gasteiger partial charge in [-0.3, -0.25) is 9.36 Å². The summed E-state index contributed by atoms with van der Waals surface area (Å²) < 4.78 is 13.4. The normalized spacial score (nSPS) is 13.7. The van der Waals surface area contributed by atoms with Gasteiger partial charge in [0.15, 0.2) is 11.5 Å². The maximum atomic E-state index is 12.8. The van der Waals surface area contributed by atoms with Crippen LogP contribution in [0.2, 0.25) is 0 Å². The number of hydrogen-bond donors (Lipinski definition) is 4. The molecule has 38 heavy (non-hydrogen) atoms. The van der Waals surface area contributed by atoms with E-state index in [2.05, 4.69) is 30.6 Å². The van der Waals surface area contributed by atoms with Crippen molar-refractivity contribution in [1.29, 1.82) is 0 Å². The summed E-state index contributed by atoms with van der Waals surface area (Å²) in [7, 11) is 1.52. The topological polar surface area (TPSA) is 162 Å². The quantitative estimate of drug-likeness (QED) is 0.254. The zero-order valence-corrected chi connectivity index (χ0v) is 20.8. The number of rotatable bonds is 9. The molecule has 12 nitrogen and oxygen atoms in total. The average molecular weight is 517 g/mol. The lowest BCUT2D eigenvalue weighted by Crippen LogP contribution is -2.31. The van der Waals surface area contributed by atoms with Gasteiger partial charge in [-0.15, -0.1) is 0 Å². The SMILES string of the molecule is COc1c(OC[C@@H](O)CNCc2ccccc2)ccc2c3n(c(=NC(=O)c4cnc(N)nc4)nc12)CCN3. The predicted molar refractivity (Wildman–Crippen MR) is 141 cm³/mol. The third-order valence-electron chi connectivity index (χ3n) is 6.01. The number of nitrogens with two attached hydrogens (primary N) is 1. The minimum atomic E-state index is -0.741. The summed E-state index contributed by atoms with van der Waals surface area (Å²) in [4.78, 5) is 29.4. The van der Waals surface area contributed by atoms with Gasteiger partial charge in [-0.2, -0.15) is 4.99 Å². The van der Waals surface area contributed by atoms with Gasteiger partial charge in [0.2, 0.25) is 11.6 Å². The van der Waals surface area contributed by atoms with Crippen LogP contribution in [0.15, 0.2) is 59.9 Å². The highest BCUT2D eigenvalue weighted by atomic mass is 16.5. The Labute approximate surface area is 218 Å². The first-order valence-electron chi connectivity index (χ1n) is 12.1. The van der Waals surface area contributed by atoms with Gasteiger partial charge in [0.1, 0.15) is 24.0 Å². The van der Waals surface area contributed by atoms with Crippen LogP contribution < -0.4 is 31.5 Å². The number of methoxy groups -OCH3 is 1. The molecule has 1 aliphatic rings. The van der Waals surface area contributed by atoms with Crippen LogP contribution in [0.4, 0.5) is 11.8 Å². The van der Waals surface area contributed by atoms with Gasteiger partial charge in [-0.05, 0) is 17.7 Å². The van der Waals surface area contributed by atoms with Crippen molar-refractivity contribution in [3.05, 3.63) is 71.6 Å². The Morgan fingerprint density at radius 1 is 1.24 bits per heavy atom. The van der Waals surface area contributed by atoms with Crippen molar-refractivity contribution in [2.24, 2.45) is 4.99 Å². The summed E-state index contributed by atoms with van der Waals surface area (Å²) in [5, 5.41) is 17.8. The van der Waals surface area contributed by atoms with Crippen molar-refractivity contribution in [2.75, 3.05) is 37.9 Å². The first-order chi connectivity index (χ1) is 18.5. The number of benzene rings is 2. The Balaban J connectivity index is 1.38. The lowest BCUT2D eigenvalue weighted by Gasteiger charge is -2.17. The Bertz CT molecular complexity index is 1510. The number of nitrogens with zero attached hydrogens (tertiary/aromatic N) is 5. The summed E-state index contributed by atoms with van der Waals surface area (Å²) in [5.41, 5.74) is 7.53. The fourth-order valence-corrected chi connectivity index (χ4v) is 4.17. The second kappa shape index (κ2) is 11.2. The van der Waals surface area contributed by atoms with E-state index < -0.39 is 12.0 Å². The highest BCUT2D eigenvalue weighted by molar-refractivity contribution is 5.96. The molecular weight excluding hydrogens is 488 g/mol. The molecule has 2 aromatic heterocycles. The molecule has 4 aromatic rings. The second-order valence-corrected chi connectivity index (χ2v) is 8.66. The molecule has 0 saturated heterocycles. The molecule has 5 rings (SSSR count). The van der Waals surface area contributed by atoms with Crippen molar-refractivity contribution in [1.82, 2.24) is 24.8 Å². The number of nitrogen functional groups attached to an aromatic ring is 1. The van der Waals surface area contributed by atoms with Gasteiger partial charge in [0.05, 0.1) is 12.7 Å². The number of nitrogens with one attached hydrogen (secondary N) is 2. The van der Waals surface area contributed by atoms with Crippen LogP contribution >= 0.6 is 0 Å². The lowest BCUT2D eigenvalue weighted by molar-refractivity contribution is 0.0995. The first kappa shape index (κ1) is 25.1. The largest absolute Gasteiger partial charge is 0.491 e. The number of anilines is 2. The Hall–Kier alpha value is -4.55. The minimum absolute atomic E-state index is 0.0501. The third kappa shape index (κ3) is 5.41. The first-order valence-corrected chi connectivity index (χ1v) is 12.1. The highest BCUT2D eigenvalue weighted by Gasteiger charge is 2.21. The molecule has 1 atom stereocenters. The van der Waals surface area contributed by atoms with Crippen molar-refractivity contribution < 1.29 is 19.4 Å². The summed E-state index contributed by atoms with van der Waals surface area (Å²) >= 11 is 0. The molecule has 5 N–H and O–H groups in total. The number of fused-ring (bicyclic) bond motifs is 3. The molecule has 1 amide bonds. The zero-order valence-electron chi connectivity index (χ0n) is 20.8. The molecule has 2 aromatic carbocycles. The maximum absolute atomic E-state index is 12.8. The van der Waals surface area contributed by atoms with E-state index in [-0.39, 0.29) is 23.7 Å². The summed E-state index contributed by atoms with van der Waals surface area (Å²) in [5.74, 6) is 1.09. The standard InChI is InChI=1S/C26H28N8O4/c1-37-22-20(38-15-18(35)14-28-11-16-5-3-2-4-6-16)8-7-19-21(22)32-26(34-10-9-29-23(19)34)33-24(36)17-12-30-25(27)31-13-17/h2-8,12-13,18,28-29,35H,9-11,14-15H2,1H3,(H2,27,30,31)/t18-/m0/s1. The van der Waals surface area contributed by atoms with Gasteiger partial charge < -0.3 is 30.9 Å². The molecule has 0 radical (unpaired) electrons. The van der Waals surface area contributed by atoms with E-state index in [1.165, 1.54) is 19.5 Å².